The lowest BCUT2D eigenvalue weighted by Gasteiger charge is -2.09. The maximum atomic E-state index is 12.0. The predicted octanol–water partition coefficient (Wildman–Crippen LogP) is 3.12. The summed E-state index contributed by atoms with van der Waals surface area (Å²) < 4.78 is 21.6. The number of hydrogen-bond donors (Lipinski definition) is 1. The average molecular weight is 362 g/mol. The van der Waals surface area contributed by atoms with Crippen molar-refractivity contribution >= 4 is 5.91 Å². The van der Waals surface area contributed by atoms with Gasteiger partial charge in [0.05, 0.1) is 13.2 Å². The van der Waals surface area contributed by atoms with Gasteiger partial charge in [-0.05, 0) is 44.9 Å². The van der Waals surface area contributed by atoms with Crippen molar-refractivity contribution in [3.8, 4) is 11.5 Å². The largest absolute Gasteiger partial charge is 0.493 e. The Kier molecular flexibility index (Phi) is 7.47. The quantitative estimate of drug-likeness (QED) is 0.654. The molecular weight excluding hydrogens is 336 g/mol. The van der Waals surface area contributed by atoms with Crippen LogP contribution < -0.4 is 14.8 Å². The fraction of sp³-hybridized carbons (Fsp3) is 0.474. The lowest BCUT2D eigenvalue weighted by atomic mass is 10.2. The Morgan fingerprint density at radius 3 is 2.81 bits per heavy atom. The van der Waals surface area contributed by atoms with E-state index in [4.69, 9.17) is 18.7 Å². The van der Waals surface area contributed by atoms with E-state index in [1.807, 2.05) is 39.0 Å². The highest BCUT2D eigenvalue weighted by Crippen LogP contribution is 2.28. The monoisotopic (exact) mass is 362 g/mol. The number of carbonyl (C=O) groups is 1. The summed E-state index contributed by atoms with van der Waals surface area (Å²) >= 11 is 0. The normalized spacial score (nSPS) is 10.8. The summed E-state index contributed by atoms with van der Waals surface area (Å²) in [5, 5.41) is 6.56. The molecule has 1 heterocycles. The van der Waals surface area contributed by atoms with Gasteiger partial charge < -0.3 is 24.1 Å². The summed E-state index contributed by atoms with van der Waals surface area (Å²) in [6.45, 7) is 7.21. The smallest absolute Gasteiger partial charge is 0.273 e. The molecule has 2 rings (SSSR count). The van der Waals surface area contributed by atoms with E-state index in [1.165, 1.54) is 0 Å². The van der Waals surface area contributed by atoms with Gasteiger partial charge in [0.1, 0.15) is 6.61 Å². The van der Waals surface area contributed by atoms with Crippen LogP contribution in [0.1, 0.15) is 42.1 Å². The summed E-state index contributed by atoms with van der Waals surface area (Å²) in [6, 6.07) is 7.22. The van der Waals surface area contributed by atoms with Gasteiger partial charge in [-0.15, -0.1) is 0 Å². The molecule has 142 valence electrons. The predicted molar refractivity (Wildman–Crippen MR) is 96.6 cm³/mol. The molecule has 2 aromatic rings. The maximum Gasteiger partial charge on any atom is 0.273 e. The molecule has 0 fully saturated rings. The lowest BCUT2D eigenvalue weighted by molar-refractivity contribution is 0.0756. The molecule has 0 spiro atoms. The van der Waals surface area contributed by atoms with Crippen LogP contribution in [0.2, 0.25) is 0 Å². The Hall–Kier alpha value is -2.54. The number of nitrogens with zero attached hydrogens (tertiary/aromatic N) is 1. The van der Waals surface area contributed by atoms with E-state index in [1.54, 1.807) is 13.2 Å². The van der Waals surface area contributed by atoms with Gasteiger partial charge in [0.25, 0.3) is 5.91 Å². The van der Waals surface area contributed by atoms with Crippen molar-refractivity contribution < 1.29 is 23.5 Å². The molecule has 26 heavy (non-hydrogen) atoms. The van der Waals surface area contributed by atoms with Gasteiger partial charge in [-0.2, -0.15) is 0 Å². The second kappa shape index (κ2) is 9.82. The molecule has 0 saturated carbocycles. The summed E-state index contributed by atoms with van der Waals surface area (Å²) in [4.78, 5) is 12.0. The molecule has 1 amide bonds. The van der Waals surface area contributed by atoms with Crippen molar-refractivity contribution in [3.63, 3.8) is 0 Å². The Bertz CT molecular complexity index is 712. The molecule has 0 aliphatic rings. The Morgan fingerprint density at radius 1 is 1.27 bits per heavy atom. The molecule has 0 bridgehead atoms. The molecular formula is C19H26N2O5. The minimum Gasteiger partial charge on any atom is -0.493 e. The maximum absolute atomic E-state index is 12.0. The third kappa shape index (κ3) is 6.07. The van der Waals surface area contributed by atoms with Crippen LogP contribution in [0.25, 0.3) is 0 Å². The van der Waals surface area contributed by atoms with Gasteiger partial charge in [0.2, 0.25) is 0 Å². The summed E-state index contributed by atoms with van der Waals surface area (Å²) in [6.07, 6.45) is 0.932. The van der Waals surface area contributed by atoms with Gasteiger partial charge in [-0.1, -0.05) is 11.2 Å². The van der Waals surface area contributed by atoms with Crippen molar-refractivity contribution in [1.82, 2.24) is 10.5 Å². The van der Waals surface area contributed by atoms with Crippen LogP contribution in [-0.4, -0.2) is 37.4 Å². The SMILES string of the molecule is COc1cc(C)ccc1OCc1cc(C(=O)NCCCOC(C)C)no1. The molecule has 1 N–H and O–H groups in total. The van der Waals surface area contributed by atoms with E-state index in [-0.39, 0.29) is 24.3 Å². The highest BCUT2D eigenvalue weighted by atomic mass is 16.5. The summed E-state index contributed by atoms with van der Waals surface area (Å²) in [5.74, 6) is 1.43. The van der Waals surface area contributed by atoms with Gasteiger partial charge >= 0.3 is 0 Å². The first-order chi connectivity index (χ1) is 12.5. The molecule has 0 unspecified atom stereocenters. The molecule has 1 aromatic carbocycles. The molecule has 0 aliphatic heterocycles. The number of hydrogen-bond acceptors (Lipinski definition) is 6. The van der Waals surface area contributed by atoms with Crippen LogP contribution in [0.3, 0.4) is 0 Å². The number of ether oxygens (including phenoxy) is 3. The molecule has 0 aliphatic carbocycles. The van der Waals surface area contributed by atoms with Gasteiger partial charge in [-0.3, -0.25) is 4.79 Å². The van der Waals surface area contributed by atoms with Crippen LogP contribution in [0.4, 0.5) is 0 Å². The second-order valence-electron chi connectivity index (χ2n) is 6.15. The minimum absolute atomic E-state index is 0.155. The zero-order valence-corrected chi connectivity index (χ0v) is 15.7. The van der Waals surface area contributed by atoms with Crippen molar-refractivity contribution in [3.05, 3.63) is 41.3 Å². The van der Waals surface area contributed by atoms with Gasteiger partial charge in [0, 0.05) is 19.2 Å². The fourth-order valence-electron chi connectivity index (χ4n) is 2.21. The number of aromatic nitrogens is 1. The molecule has 7 nitrogen and oxygen atoms in total. The first kappa shape index (κ1) is 19.8. The minimum atomic E-state index is -0.280. The van der Waals surface area contributed by atoms with Gasteiger partial charge in [0.15, 0.2) is 23.0 Å². The average Bonchev–Trinajstić information content (AvgIpc) is 3.09. The van der Waals surface area contributed by atoms with Crippen LogP contribution in [0, 0.1) is 6.92 Å². The van der Waals surface area contributed by atoms with Crippen LogP contribution in [-0.2, 0) is 11.3 Å². The number of aryl methyl sites for hydroxylation is 1. The van der Waals surface area contributed by atoms with E-state index in [9.17, 15) is 4.79 Å². The zero-order chi connectivity index (χ0) is 18.9. The summed E-state index contributed by atoms with van der Waals surface area (Å²) in [5.41, 5.74) is 1.30. The van der Waals surface area contributed by atoms with E-state index >= 15 is 0 Å². The number of carbonyl (C=O) groups excluding carboxylic acids is 1. The van der Waals surface area contributed by atoms with E-state index < -0.39 is 0 Å². The fourth-order valence-corrected chi connectivity index (χ4v) is 2.21. The Labute approximate surface area is 153 Å². The van der Waals surface area contributed by atoms with Gasteiger partial charge in [-0.25, -0.2) is 0 Å². The van der Waals surface area contributed by atoms with Crippen molar-refractivity contribution in [2.75, 3.05) is 20.3 Å². The number of amides is 1. The van der Waals surface area contributed by atoms with E-state index in [0.717, 1.165) is 12.0 Å². The molecule has 0 saturated heterocycles. The first-order valence-corrected chi connectivity index (χ1v) is 8.62. The van der Waals surface area contributed by atoms with E-state index in [0.29, 0.717) is 30.4 Å². The number of rotatable bonds is 10. The Morgan fingerprint density at radius 2 is 2.08 bits per heavy atom. The third-order valence-corrected chi connectivity index (χ3v) is 3.54. The zero-order valence-electron chi connectivity index (χ0n) is 15.7. The molecule has 0 atom stereocenters. The molecule has 7 heteroatoms. The number of methoxy groups -OCH3 is 1. The topological polar surface area (TPSA) is 82.8 Å². The van der Waals surface area contributed by atoms with Crippen LogP contribution in [0.15, 0.2) is 28.8 Å². The highest BCUT2D eigenvalue weighted by molar-refractivity contribution is 5.92. The second-order valence-corrected chi connectivity index (χ2v) is 6.15. The van der Waals surface area contributed by atoms with Crippen LogP contribution >= 0.6 is 0 Å². The number of benzene rings is 1. The number of nitrogens with one attached hydrogen (secondary N) is 1. The lowest BCUT2D eigenvalue weighted by Crippen LogP contribution is -2.25. The van der Waals surface area contributed by atoms with Crippen LogP contribution in [0.5, 0.6) is 11.5 Å². The van der Waals surface area contributed by atoms with E-state index in [2.05, 4.69) is 10.5 Å². The molecule has 1 aromatic heterocycles. The van der Waals surface area contributed by atoms with Crippen molar-refractivity contribution in [2.24, 2.45) is 0 Å². The molecule has 0 radical (unpaired) electrons. The Balaban J connectivity index is 1.81. The first-order valence-electron chi connectivity index (χ1n) is 8.62. The highest BCUT2D eigenvalue weighted by Gasteiger charge is 2.13. The summed E-state index contributed by atoms with van der Waals surface area (Å²) in [7, 11) is 1.59. The van der Waals surface area contributed by atoms with Crippen molar-refractivity contribution in [2.45, 2.75) is 39.9 Å². The van der Waals surface area contributed by atoms with Crippen molar-refractivity contribution in [1.29, 1.82) is 0 Å². The third-order valence-electron chi connectivity index (χ3n) is 3.54. The standard InChI is InChI=1S/C19H26N2O5/c1-13(2)24-9-5-8-20-19(22)16-11-15(26-21-16)12-25-17-7-6-14(3)10-18(17)23-4/h6-7,10-11,13H,5,8-9,12H2,1-4H3,(H,20,22).